The van der Waals surface area contributed by atoms with Crippen LogP contribution >= 0.6 is 7.82 Å². The van der Waals surface area contributed by atoms with Crippen molar-refractivity contribution in [2.24, 2.45) is 0 Å². The Morgan fingerprint density at radius 2 is 0.869 bits per heavy atom. The maximum Gasteiger partial charge on any atom is 0.472 e. The summed E-state index contributed by atoms with van der Waals surface area (Å²) in [5.41, 5.74) is 0. The van der Waals surface area contributed by atoms with Gasteiger partial charge < -0.3 is 19.8 Å². The largest absolute Gasteiger partial charge is 0.472 e. The average molecular weight is 886 g/mol. The number of amides is 1. The third kappa shape index (κ3) is 47.0. The number of unbranched alkanes of at least 4 members (excludes halogenated alkanes) is 36. The lowest BCUT2D eigenvalue weighted by Gasteiger charge is -2.25. The van der Waals surface area contributed by atoms with Gasteiger partial charge in [-0.25, -0.2) is 4.57 Å². The van der Waals surface area contributed by atoms with Crippen molar-refractivity contribution in [1.29, 1.82) is 0 Å². The standard InChI is InChI=1S/C52H105N2O6P/c1-6-8-10-12-14-16-18-19-20-21-22-23-24-25-26-27-28-29-30-31-32-33-34-35-36-38-40-42-44-46-52(56)53-50(49-60-61(57,58)59-48-47-54(3,4)5)51(55)45-43-41-39-37-17-15-13-11-9-7-2/h43,45,50-51,55H,6-42,44,46-49H2,1-5H3,(H-,53,56,57,58)/p+1/b45-43+. The van der Waals surface area contributed by atoms with Crippen LogP contribution in [0.1, 0.15) is 264 Å². The first kappa shape index (κ1) is 60.2. The minimum Gasteiger partial charge on any atom is -0.387 e. The van der Waals surface area contributed by atoms with E-state index in [1.165, 1.54) is 205 Å². The lowest BCUT2D eigenvalue weighted by molar-refractivity contribution is -0.870. The number of rotatable bonds is 49. The van der Waals surface area contributed by atoms with E-state index in [9.17, 15) is 19.4 Å². The lowest BCUT2D eigenvalue weighted by Crippen LogP contribution is -2.45. The van der Waals surface area contributed by atoms with Gasteiger partial charge in [0.15, 0.2) is 0 Å². The van der Waals surface area contributed by atoms with Crippen molar-refractivity contribution in [2.45, 2.75) is 276 Å². The molecule has 0 aliphatic heterocycles. The minimum absolute atomic E-state index is 0.0645. The molecule has 0 saturated carbocycles. The molecule has 0 aromatic rings. The van der Waals surface area contributed by atoms with Crippen LogP contribution in [0.4, 0.5) is 0 Å². The molecule has 0 spiro atoms. The van der Waals surface area contributed by atoms with E-state index in [1.54, 1.807) is 6.08 Å². The van der Waals surface area contributed by atoms with Gasteiger partial charge in [-0.1, -0.05) is 251 Å². The first-order valence-electron chi connectivity index (χ1n) is 26.6. The van der Waals surface area contributed by atoms with Gasteiger partial charge in [0.1, 0.15) is 13.2 Å². The van der Waals surface area contributed by atoms with Crippen molar-refractivity contribution in [3.63, 3.8) is 0 Å². The summed E-state index contributed by atoms with van der Waals surface area (Å²) < 4.78 is 23.6. The normalized spacial score (nSPS) is 14.1. The van der Waals surface area contributed by atoms with Gasteiger partial charge >= 0.3 is 7.82 Å². The Morgan fingerprint density at radius 3 is 1.21 bits per heavy atom. The summed E-state index contributed by atoms with van der Waals surface area (Å²) in [5, 5.41) is 13.8. The molecular formula is C52H106N2O6P+. The smallest absolute Gasteiger partial charge is 0.387 e. The second-order valence-corrected chi connectivity index (χ2v) is 21.1. The fourth-order valence-electron chi connectivity index (χ4n) is 8.04. The summed E-state index contributed by atoms with van der Waals surface area (Å²) in [6.45, 7) is 4.82. The Bertz CT molecular complexity index is 1000. The molecule has 9 heteroatoms. The Kier molecular flexibility index (Phi) is 43.9. The minimum atomic E-state index is -4.33. The van der Waals surface area contributed by atoms with Crippen LogP contribution in [0.5, 0.6) is 0 Å². The average Bonchev–Trinajstić information content (AvgIpc) is 3.21. The zero-order chi connectivity index (χ0) is 45.0. The number of aliphatic hydroxyl groups excluding tert-OH is 1. The number of allylic oxidation sites excluding steroid dienone is 1. The van der Waals surface area contributed by atoms with E-state index < -0.39 is 20.0 Å². The van der Waals surface area contributed by atoms with Gasteiger partial charge in [-0.15, -0.1) is 0 Å². The maximum absolute atomic E-state index is 12.9. The van der Waals surface area contributed by atoms with Gasteiger partial charge in [0.2, 0.25) is 5.91 Å². The number of carbonyl (C=O) groups excluding carboxylic acids is 1. The van der Waals surface area contributed by atoms with Gasteiger partial charge in [0, 0.05) is 6.42 Å². The molecule has 8 nitrogen and oxygen atoms in total. The van der Waals surface area contributed by atoms with Crippen molar-refractivity contribution in [2.75, 3.05) is 40.9 Å². The number of nitrogens with zero attached hydrogens (tertiary/aromatic N) is 1. The number of hydrogen-bond acceptors (Lipinski definition) is 5. The second kappa shape index (κ2) is 44.4. The van der Waals surface area contributed by atoms with E-state index >= 15 is 0 Å². The Hall–Kier alpha value is -0.760. The molecule has 0 aromatic heterocycles. The van der Waals surface area contributed by atoms with Gasteiger partial charge in [-0.2, -0.15) is 0 Å². The number of hydrogen-bond donors (Lipinski definition) is 3. The van der Waals surface area contributed by atoms with Crippen LogP contribution < -0.4 is 5.32 Å². The topological polar surface area (TPSA) is 105 Å². The molecule has 0 aliphatic rings. The molecule has 1 amide bonds. The van der Waals surface area contributed by atoms with Crippen LogP contribution in [0.15, 0.2) is 12.2 Å². The molecule has 0 radical (unpaired) electrons. The zero-order valence-electron chi connectivity index (χ0n) is 41.4. The van der Waals surface area contributed by atoms with Gasteiger partial charge in [0.25, 0.3) is 0 Å². The molecule has 0 saturated heterocycles. The molecule has 3 atom stereocenters. The first-order chi connectivity index (χ1) is 29.5. The first-order valence-corrected chi connectivity index (χ1v) is 28.1. The summed E-state index contributed by atoms with van der Waals surface area (Å²) in [4.78, 5) is 23.1. The highest BCUT2D eigenvalue weighted by atomic mass is 31.2. The summed E-state index contributed by atoms with van der Waals surface area (Å²) in [5.74, 6) is -0.173. The van der Waals surface area contributed by atoms with E-state index in [2.05, 4.69) is 19.2 Å². The van der Waals surface area contributed by atoms with Crippen LogP contribution in [0.2, 0.25) is 0 Å². The highest BCUT2D eigenvalue weighted by Crippen LogP contribution is 2.43. The van der Waals surface area contributed by atoms with Crippen LogP contribution in [-0.4, -0.2) is 73.4 Å². The monoisotopic (exact) mass is 886 g/mol. The van der Waals surface area contributed by atoms with E-state index in [0.717, 1.165) is 38.5 Å². The molecule has 0 aromatic carbocycles. The maximum atomic E-state index is 12.9. The SMILES string of the molecule is CCCCCCCCCC/C=C/C(O)C(COP(=O)(O)OCC[N+](C)(C)C)NC(=O)CCCCCCCCCCCCCCCCCCCCCCCCCCCCCCC. The van der Waals surface area contributed by atoms with Crippen molar-refractivity contribution < 1.29 is 32.9 Å². The molecule has 61 heavy (non-hydrogen) atoms. The van der Waals surface area contributed by atoms with E-state index in [1.807, 2.05) is 27.2 Å². The van der Waals surface area contributed by atoms with Gasteiger partial charge in [0.05, 0.1) is 39.9 Å². The van der Waals surface area contributed by atoms with Gasteiger partial charge in [-0.05, 0) is 19.3 Å². The third-order valence-electron chi connectivity index (χ3n) is 12.3. The van der Waals surface area contributed by atoms with Gasteiger partial charge in [-0.3, -0.25) is 13.8 Å². The molecule has 3 unspecified atom stereocenters. The van der Waals surface area contributed by atoms with E-state index in [0.29, 0.717) is 17.4 Å². The van der Waals surface area contributed by atoms with Crippen molar-refractivity contribution in [1.82, 2.24) is 5.32 Å². The summed E-state index contributed by atoms with van der Waals surface area (Å²) in [6.07, 6.45) is 53.2. The summed E-state index contributed by atoms with van der Waals surface area (Å²) in [7, 11) is 1.58. The molecule has 0 bridgehead atoms. The van der Waals surface area contributed by atoms with E-state index in [-0.39, 0.29) is 19.1 Å². The Balaban J connectivity index is 3.98. The second-order valence-electron chi connectivity index (χ2n) is 19.6. The third-order valence-corrected chi connectivity index (χ3v) is 13.2. The number of phosphoric ester groups is 1. The summed E-state index contributed by atoms with van der Waals surface area (Å²) in [6, 6.07) is -0.839. The predicted octanol–water partition coefficient (Wildman–Crippen LogP) is 15.5. The van der Waals surface area contributed by atoms with Crippen molar-refractivity contribution in [3.05, 3.63) is 12.2 Å². The predicted molar refractivity (Wildman–Crippen MR) is 263 cm³/mol. The molecule has 364 valence electrons. The number of carbonyl (C=O) groups is 1. The van der Waals surface area contributed by atoms with Crippen molar-refractivity contribution in [3.8, 4) is 0 Å². The number of aliphatic hydroxyl groups is 1. The Labute approximate surface area is 380 Å². The van der Waals surface area contributed by atoms with Crippen molar-refractivity contribution >= 4 is 13.7 Å². The van der Waals surface area contributed by atoms with Crippen LogP contribution in [-0.2, 0) is 18.4 Å². The van der Waals surface area contributed by atoms with Crippen LogP contribution in [0.25, 0.3) is 0 Å². The Morgan fingerprint density at radius 1 is 0.541 bits per heavy atom. The lowest BCUT2D eigenvalue weighted by atomic mass is 10.0. The zero-order valence-corrected chi connectivity index (χ0v) is 42.3. The van der Waals surface area contributed by atoms with Crippen LogP contribution in [0, 0.1) is 0 Å². The number of phosphoric acid groups is 1. The molecule has 3 N–H and O–H groups in total. The fourth-order valence-corrected chi connectivity index (χ4v) is 8.78. The van der Waals surface area contributed by atoms with E-state index in [4.69, 9.17) is 9.05 Å². The molecule has 0 heterocycles. The fraction of sp³-hybridized carbons (Fsp3) is 0.942. The molecule has 0 rings (SSSR count). The van der Waals surface area contributed by atoms with Crippen LogP contribution in [0.3, 0.4) is 0 Å². The molecule has 0 aliphatic carbocycles. The quantitative estimate of drug-likeness (QED) is 0.0243. The number of quaternary nitrogens is 1. The molecule has 0 fully saturated rings. The summed E-state index contributed by atoms with van der Waals surface area (Å²) >= 11 is 0. The highest BCUT2D eigenvalue weighted by Gasteiger charge is 2.27. The highest BCUT2D eigenvalue weighted by molar-refractivity contribution is 7.47. The number of likely N-dealkylation sites (N-methyl/N-ethyl adjacent to an activating group) is 1. The number of nitrogens with one attached hydrogen (secondary N) is 1. The molecular weight excluding hydrogens is 780 g/mol.